The van der Waals surface area contributed by atoms with Gasteiger partial charge in [-0.1, -0.05) is 176 Å². The highest BCUT2D eigenvalue weighted by Gasteiger charge is 2.14. The van der Waals surface area contributed by atoms with E-state index in [0.717, 1.165) is 64.5 Å². The van der Waals surface area contributed by atoms with Gasteiger partial charge in [0.1, 0.15) is 6.10 Å². The minimum atomic E-state index is -0.0150. The normalized spacial score (nSPS) is 11.2. The lowest BCUT2D eigenvalue weighted by Crippen LogP contribution is -2.27. The molecule has 0 spiro atoms. The van der Waals surface area contributed by atoms with Crippen molar-refractivity contribution in [2.45, 2.75) is 260 Å². The molecule has 0 N–H and O–H groups in total. The van der Waals surface area contributed by atoms with Crippen LogP contribution < -0.4 is 0 Å². The van der Waals surface area contributed by atoms with Crippen LogP contribution in [0.2, 0.25) is 0 Å². The molecular formula is C46H95NO4. The van der Waals surface area contributed by atoms with Crippen LogP contribution >= 0.6 is 0 Å². The van der Waals surface area contributed by atoms with Crippen LogP contribution in [0.15, 0.2) is 0 Å². The number of ether oxygens (including phenoxy) is 2. The van der Waals surface area contributed by atoms with Gasteiger partial charge in [-0.05, 0) is 83.8 Å². The molecule has 0 bridgehead atoms. The molecule has 0 aliphatic heterocycles. The van der Waals surface area contributed by atoms with Crippen molar-refractivity contribution in [2.24, 2.45) is 0 Å². The van der Waals surface area contributed by atoms with E-state index in [9.17, 15) is 9.59 Å². The van der Waals surface area contributed by atoms with E-state index in [2.05, 4.69) is 46.4 Å². The van der Waals surface area contributed by atoms with Crippen molar-refractivity contribution < 1.29 is 20.5 Å². The quantitative estimate of drug-likeness (QED) is 0.0466. The zero-order valence-electron chi connectivity index (χ0n) is 35.8. The lowest BCUT2D eigenvalue weighted by molar-refractivity contribution is -0.150. The van der Waals surface area contributed by atoms with E-state index in [1.165, 1.54) is 154 Å². The Morgan fingerprint density at radius 3 is 1.27 bits per heavy atom. The Kier molecular flexibility index (Phi) is 45.9. The van der Waals surface area contributed by atoms with Crippen molar-refractivity contribution in [1.82, 2.24) is 4.90 Å². The molecule has 0 atom stereocenters. The number of hydrogen-bond acceptors (Lipinski definition) is 5. The molecule has 0 unspecified atom stereocenters. The number of unbranched alkanes of at least 4 members (excludes halogenated alkanes) is 22. The molecule has 0 aromatic carbocycles. The topological polar surface area (TPSA) is 55.8 Å². The summed E-state index contributed by atoms with van der Waals surface area (Å²) in [6, 6.07) is 0. The second-order valence-corrected chi connectivity index (χ2v) is 15.4. The van der Waals surface area contributed by atoms with Gasteiger partial charge in [0.25, 0.3) is 0 Å². The van der Waals surface area contributed by atoms with Gasteiger partial charge in [0, 0.05) is 14.3 Å². The van der Waals surface area contributed by atoms with E-state index in [-0.39, 0.29) is 19.5 Å². The summed E-state index contributed by atoms with van der Waals surface area (Å²) in [6.07, 6.45) is 38.9. The summed E-state index contributed by atoms with van der Waals surface area (Å²) in [7, 11) is 0. The van der Waals surface area contributed by atoms with Crippen molar-refractivity contribution in [1.29, 1.82) is 0 Å². The molecule has 0 heterocycles. The summed E-state index contributed by atoms with van der Waals surface area (Å²) in [4.78, 5) is 27.4. The van der Waals surface area contributed by atoms with Gasteiger partial charge < -0.3 is 14.4 Å². The van der Waals surface area contributed by atoms with E-state index in [1.807, 2.05) is 0 Å². The number of esters is 2. The summed E-state index contributed by atoms with van der Waals surface area (Å²) in [5, 5.41) is 0. The average Bonchev–Trinajstić information content (AvgIpc) is 3.12. The maximum Gasteiger partial charge on any atom is 0.306 e. The highest BCUT2D eigenvalue weighted by molar-refractivity contribution is 5.69. The molecule has 0 aliphatic carbocycles. The van der Waals surface area contributed by atoms with Crippen LogP contribution in [-0.4, -0.2) is 49.2 Å². The average molecular weight is 726 g/mol. The molecule has 0 saturated heterocycles. The molecule has 5 nitrogen and oxygen atoms in total. The van der Waals surface area contributed by atoms with E-state index in [1.54, 1.807) is 0 Å². The van der Waals surface area contributed by atoms with Gasteiger partial charge in [-0.2, -0.15) is 0 Å². The van der Waals surface area contributed by atoms with Gasteiger partial charge in [-0.25, -0.2) is 0 Å². The van der Waals surface area contributed by atoms with Gasteiger partial charge >= 0.3 is 11.9 Å². The predicted octanol–water partition coefficient (Wildman–Crippen LogP) is 15.0. The number of rotatable bonds is 39. The van der Waals surface area contributed by atoms with Crippen LogP contribution in [0.4, 0.5) is 0 Å². The third-order valence-corrected chi connectivity index (χ3v) is 9.86. The fraction of sp³-hybridized carbons (Fsp3) is 0.957. The Balaban J connectivity index is -0.00000578. The summed E-state index contributed by atoms with van der Waals surface area (Å²) >= 11 is 0. The summed E-state index contributed by atoms with van der Waals surface area (Å²) in [5.74, 6) is 0.0158. The van der Waals surface area contributed by atoms with Crippen molar-refractivity contribution in [3.05, 3.63) is 0 Å². The molecule has 0 fully saturated rings. The third-order valence-electron chi connectivity index (χ3n) is 9.86. The fourth-order valence-corrected chi connectivity index (χ4v) is 6.59. The number of hydrogen-bond donors (Lipinski definition) is 0. The van der Waals surface area contributed by atoms with Crippen molar-refractivity contribution in [3.8, 4) is 0 Å². The molecule has 308 valence electrons. The van der Waals surface area contributed by atoms with Gasteiger partial charge in [0.05, 0.1) is 6.61 Å². The van der Waals surface area contributed by atoms with E-state index < -0.39 is 0 Å². The van der Waals surface area contributed by atoms with E-state index in [0.29, 0.717) is 19.4 Å². The summed E-state index contributed by atoms with van der Waals surface area (Å²) in [6.45, 7) is 17.3. The highest BCUT2D eigenvalue weighted by atomic mass is 16.5. The van der Waals surface area contributed by atoms with Gasteiger partial charge in [-0.15, -0.1) is 0 Å². The molecule has 0 aliphatic rings. The highest BCUT2D eigenvalue weighted by Crippen LogP contribution is 2.18. The molecule has 0 rings (SSSR count). The Morgan fingerprint density at radius 1 is 0.431 bits per heavy atom. The predicted molar refractivity (Wildman–Crippen MR) is 226 cm³/mol. The molecule has 51 heavy (non-hydrogen) atoms. The van der Waals surface area contributed by atoms with Crippen molar-refractivity contribution in [3.63, 3.8) is 0 Å². The first kappa shape index (κ1) is 52.0. The van der Waals surface area contributed by atoms with Crippen LogP contribution in [0, 0.1) is 0 Å². The Morgan fingerprint density at radius 2 is 0.784 bits per heavy atom. The number of carbonyl (C=O) groups excluding carboxylic acids is 2. The summed E-state index contributed by atoms with van der Waals surface area (Å²) in [5.41, 5.74) is 0. The number of carbonyl (C=O) groups is 2. The third kappa shape index (κ3) is 43.2. The van der Waals surface area contributed by atoms with E-state index in [4.69, 9.17) is 9.47 Å². The smallest absolute Gasteiger partial charge is 0.306 e. The van der Waals surface area contributed by atoms with Crippen LogP contribution in [0.3, 0.4) is 0 Å². The van der Waals surface area contributed by atoms with Crippen molar-refractivity contribution >= 4 is 11.9 Å². The first-order valence-electron chi connectivity index (χ1n) is 23.1. The number of nitrogens with zero attached hydrogens (tertiary/aromatic N) is 1. The van der Waals surface area contributed by atoms with Gasteiger partial charge in [-0.3, -0.25) is 9.59 Å². The maximum absolute atomic E-state index is 12.7. The van der Waals surface area contributed by atoms with Crippen LogP contribution in [0.25, 0.3) is 0 Å². The van der Waals surface area contributed by atoms with Crippen LogP contribution in [0.1, 0.15) is 255 Å². The lowest BCUT2D eigenvalue weighted by atomic mass is 10.0. The second kappa shape index (κ2) is 45.1. The minimum Gasteiger partial charge on any atom is -0.466 e. The Labute approximate surface area is 322 Å². The van der Waals surface area contributed by atoms with Gasteiger partial charge in [0.2, 0.25) is 0 Å². The molecule has 0 amide bonds. The largest absolute Gasteiger partial charge is 0.466 e. The molecular weight excluding hydrogens is 631 g/mol. The zero-order chi connectivity index (χ0) is 37.9. The fourth-order valence-electron chi connectivity index (χ4n) is 6.59. The van der Waals surface area contributed by atoms with Gasteiger partial charge in [0.15, 0.2) is 0 Å². The lowest BCUT2D eigenvalue weighted by Gasteiger charge is -2.22. The Hall–Kier alpha value is -1.10. The molecule has 5 heteroatoms. The molecule has 0 aromatic rings. The second-order valence-electron chi connectivity index (χ2n) is 15.4. The minimum absolute atomic E-state index is 0. The maximum atomic E-state index is 12.7. The van der Waals surface area contributed by atoms with Crippen LogP contribution in [-0.2, 0) is 19.1 Å². The SMILES string of the molecule is CCC.CCCCCCCCCOC(=O)CCCCCN(CCCC)CCCCCCC(=O)OC(CCCCCCCC)CCCCCCCC.[HH]. The van der Waals surface area contributed by atoms with E-state index >= 15 is 0 Å². The standard InChI is InChI=1S/C43H85NO4.C3H8.H2/c1-5-9-13-16-19-24-32-40-47-42(45)35-29-25-31-39-44(37-12-8-4)38-30-23-22-28-36-43(46)48-41(33-26-20-17-14-10-6-2)34-27-21-18-15-11-7-3;1-3-2;/h41H,5-40H2,1-4H3;3H2,1-2H3;1H. The molecule has 0 radical (unpaired) electrons. The summed E-state index contributed by atoms with van der Waals surface area (Å²) < 4.78 is 11.5. The first-order chi connectivity index (χ1) is 25.0. The molecule has 0 saturated carbocycles. The van der Waals surface area contributed by atoms with Crippen LogP contribution in [0.5, 0.6) is 0 Å². The van der Waals surface area contributed by atoms with Crippen molar-refractivity contribution in [2.75, 3.05) is 26.2 Å². The first-order valence-corrected chi connectivity index (χ1v) is 23.1. The zero-order valence-corrected chi connectivity index (χ0v) is 35.8. The molecule has 0 aromatic heterocycles. The Bertz CT molecular complexity index is 675. The monoisotopic (exact) mass is 726 g/mol.